The molecule has 0 bridgehead atoms. The summed E-state index contributed by atoms with van der Waals surface area (Å²) in [6.45, 7) is 1.40. The minimum Gasteiger partial charge on any atom is -0.480 e. The molecule has 0 unspecified atom stereocenters. The van der Waals surface area contributed by atoms with Crippen molar-refractivity contribution in [1.29, 1.82) is 0 Å². The van der Waals surface area contributed by atoms with Gasteiger partial charge in [0.25, 0.3) is 0 Å². The molecule has 0 aliphatic rings. The number of fused-ring (bicyclic) bond motifs is 1. The van der Waals surface area contributed by atoms with Gasteiger partial charge in [0.1, 0.15) is 6.04 Å². The van der Waals surface area contributed by atoms with Crippen molar-refractivity contribution >= 4 is 28.7 Å². The molecule has 0 saturated carbocycles. The first kappa shape index (κ1) is 10.8. The third-order valence-electron chi connectivity index (χ3n) is 2.34. The lowest BCUT2D eigenvalue weighted by molar-refractivity contribution is -0.140. The Morgan fingerprint density at radius 3 is 2.88 bits per heavy atom. The zero-order valence-corrected chi connectivity index (χ0v) is 9.06. The Morgan fingerprint density at radius 1 is 1.56 bits per heavy atom. The van der Waals surface area contributed by atoms with Gasteiger partial charge >= 0.3 is 11.7 Å². The second-order valence-corrected chi connectivity index (χ2v) is 3.75. The summed E-state index contributed by atoms with van der Waals surface area (Å²) < 4.78 is 5.97. The van der Waals surface area contributed by atoms with Gasteiger partial charge in [0, 0.05) is 0 Å². The van der Waals surface area contributed by atoms with E-state index in [2.05, 4.69) is 0 Å². The van der Waals surface area contributed by atoms with E-state index in [1.54, 1.807) is 18.2 Å². The molecule has 0 aliphatic heterocycles. The number of para-hydroxylation sites is 1. The van der Waals surface area contributed by atoms with Crippen molar-refractivity contribution in [2.24, 2.45) is 0 Å². The van der Waals surface area contributed by atoms with E-state index in [4.69, 9.17) is 21.1 Å². The van der Waals surface area contributed by atoms with Crippen LogP contribution >= 0.6 is 11.6 Å². The number of nitrogens with zero attached hydrogens (tertiary/aromatic N) is 1. The van der Waals surface area contributed by atoms with Crippen LogP contribution in [0.15, 0.2) is 27.4 Å². The van der Waals surface area contributed by atoms with Gasteiger partial charge in [-0.1, -0.05) is 17.7 Å². The van der Waals surface area contributed by atoms with Crippen LogP contribution in [0, 0.1) is 0 Å². The first-order chi connectivity index (χ1) is 7.52. The third-order valence-corrected chi connectivity index (χ3v) is 2.63. The van der Waals surface area contributed by atoms with Gasteiger partial charge in [-0.3, -0.25) is 4.57 Å². The molecule has 2 aromatic rings. The molecule has 1 aromatic carbocycles. The fourth-order valence-corrected chi connectivity index (χ4v) is 1.71. The molecule has 1 aromatic heterocycles. The van der Waals surface area contributed by atoms with Crippen LogP contribution in [-0.2, 0) is 4.79 Å². The SMILES string of the molecule is C[C@H](C(=O)O)n1c(=O)oc2c(Cl)cccc21. The second-order valence-electron chi connectivity index (χ2n) is 3.34. The number of carbonyl (C=O) groups is 1. The Bertz CT molecular complexity index is 613. The fraction of sp³-hybridized carbons (Fsp3) is 0.200. The van der Waals surface area contributed by atoms with Crippen molar-refractivity contribution in [1.82, 2.24) is 4.57 Å². The molecule has 16 heavy (non-hydrogen) atoms. The maximum Gasteiger partial charge on any atom is 0.420 e. The number of halogens is 1. The Balaban J connectivity index is 2.80. The summed E-state index contributed by atoms with van der Waals surface area (Å²) >= 11 is 5.83. The second kappa shape index (κ2) is 3.68. The van der Waals surface area contributed by atoms with Crippen LogP contribution in [-0.4, -0.2) is 15.6 Å². The predicted octanol–water partition coefficient (Wildman–Crippen LogP) is 1.89. The summed E-state index contributed by atoms with van der Waals surface area (Å²) in [7, 11) is 0. The molecule has 5 nitrogen and oxygen atoms in total. The monoisotopic (exact) mass is 241 g/mol. The average molecular weight is 242 g/mol. The largest absolute Gasteiger partial charge is 0.480 e. The number of aromatic nitrogens is 1. The van der Waals surface area contributed by atoms with Crippen molar-refractivity contribution in [3.63, 3.8) is 0 Å². The topological polar surface area (TPSA) is 72.4 Å². The molecule has 0 saturated heterocycles. The van der Waals surface area contributed by atoms with E-state index in [9.17, 15) is 9.59 Å². The van der Waals surface area contributed by atoms with Crippen molar-refractivity contribution in [3.8, 4) is 0 Å². The Kier molecular flexibility index (Phi) is 2.47. The third kappa shape index (κ3) is 1.49. The summed E-state index contributed by atoms with van der Waals surface area (Å²) in [4.78, 5) is 22.4. The highest BCUT2D eigenvalue weighted by Crippen LogP contribution is 2.24. The van der Waals surface area contributed by atoms with Gasteiger partial charge < -0.3 is 9.52 Å². The maximum absolute atomic E-state index is 11.5. The zero-order valence-electron chi connectivity index (χ0n) is 8.31. The van der Waals surface area contributed by atoms with Crippen LogP contribution < -0.4 is 5.76 Å². The Hall–Kier alpha value is -1.75. The molecular formula is C10H8ClNO4. The van der Waals surface area contributed by atoms with Crippen LogP contribution in [0.3, 0.4) is 0 Å². The lowest BCUT2D eigenvalue weighted by Gasteiger charge is -2.06. The van der Waals surface area contributed by atoms with Crippen molar-refractivity contribution < 1.29 is 14.3 Å². The highest BCUT2D eigenvalue weighted by atomic mass is 35.5. The van der Waals surface area contributed by atoms with Crippen LogP contribution in [0.4, 0.5) is 0 Å². The normalized spacial score (nSPS) is 12.9. The van der Waals surface area contributed by atoms with E-state index in [0.717, 1.165) is 4.57 Å². The standard InChI is InChI=1S/C10H8ClNO4/c1-5(9(13)14)12-7-4-2-3-6(11)8(7)16-10(12)15/h2-5H,1H3,(H,13,14)/t5-/m1/s1. The van der Waals surface area contributed by atoms with Gasteiger partial charge in [0.2, 0.25) is 0 Å². The fourth-order valence-electron chi connectivity index (χ4n) is 1.50. The van der Waals surface area contributed by atoms with Crippen molar-refractivity contribution in [3.05, 3.63) is 33.8 Å². The molecule has 1 atom stereocenters. The molecule has 0 fully saturated rings. The summed E-state index contributed by atoms with van der Waals surface area (Å²) in [5.41, 5.74) is 0.592. The van der Waals surface area contributed by atoms with E-state index in [-0.39, 0.29) is 10.6 Å². The molecule has 0 aliphatic carbocycles. The molecule has 84 valence electrons. The number of hydrogen-bond donors (Lipinski definition) is 1. The van der Waals surface area contributed by atoms with E-state index < -0.39 is 17.8 Å². The lowest BCUT2D eigenvalue weighted by atomic mass is 10.3. The van der Waals surface area contributed by atoms with Gasteiger partial charge in [-0.25, -0.2) is 9.59 Å². The molecular weight excluding hydrogens is 234 g/mol. The average Bonchev–Trinajstić information content (AvgIpc) is 2.55. The molecule has 0 spiro atoms. The van der Waals surface area contributed by atoms with Gasteiger partial charge in [-0.15, -0.1) is 0 Å². The summed E-state index contributed by atoms with van der Waals surface area (Å²) in [6, 6.07) is 3.80. The highest BCUT2D eigenvalue weighted by molar-refractivity contribution is 6.34. The maximum atomic E-state index is 11.5. The first-order valence-corrected chi connectivity index (χ1v) is 4.92. The Morgan fingerprint density at radius 2 is 2.25 bits per heavy atom. The van der Waals surface area contributed by atoms with Gasteiger partial charge in [0.15, 0.2) is 5.58 Å². The van der Waals surface area contributed by atoms with Crippen LogP contribution in [0.1, 0.15) is 13.0 Å². The number of carboxylic acid groups (broad SMARTS) is 1. The summed E-state index contributed by atoms with van der Waals surface area (Å²) in [5, 5.41) is 9.16. The highest BCUT2D eigenvalue weighted by Gasteiger charge is 2.21. The number of carboxylic acids is 1. The van der Waals surface area contributed by atoms with Gasteiger partial charge in [-0.05, 0) is 19.1 Å². The summed E-state index contributed by atoms with van der Waals surface area (Å²) in [6.07, 6.45) is 0. The predicted molar refractivity (Wildman–Crippen MR) is 57.8 cm³/mol. The first-order valence-electron chi connectivity index (χ1n) is 4.54. The molecule has 6 heteroatoms. The summed E-state index contributed by atoms with van der Waals surface area (Å²) in [5.74, 6) is -1.83. The van der Waals surface area contributed by atoms with E-state index in [1.165, 1.54) is 6.92 Å². The Labute approximate surface area is 94.9 Å². The molecule has 1 N–H and O–H groups in total. The van der Waals surface area contributed by atoms with Gasteiger partial charge in [0.05, 0.1) is 10.5 Å². The zero-order chi connectivity index (χ0) is 11.9. The van der Waals surface area contributed by atoms with Crippen molar-refractivity contribution in [2.75, 3.05) is 0 Å². The van der Waals surface area contributed by atoms with Crippen LogP contribution in [0.5, 0.6) is 0 Å². The quantitative estimate of drug-likeness (QED) is 0.872. The molecule has 2 rings (SSSR count). The van der Waals surface area contributed by atoms with Gasteiger partial charge in [-0.2, -0.15) is 0 Å². The van der Waals surface area contributed by atoms with E-state index in [1.807, 2.05) is 0 Å². The van der Waals surface area contributed by atoms with E-state index >= 15 is 0 Å². The molecule has 1 heterocycles. The van der Waals surface area contributed by atoms with E-state index in [0.29, 0.717) is 5.52 Å². The number of aliphatic carboxylic acids is 1. The minimum absolute atomic E-state index is 0.210. The minimum atomic E-state index is -1.11. The number of hydrogen-bond acceptors (Lipinski definition) is 3. The number of benzene rings is 1. The lowest BCUT2D eigenvalue weighted by Crippen LogP contribution is -2.24. The molecule has 0 radical (unpaired) electrons. The van der Waals surface area contributed by atoms with Crippen LogP contribution in [0.25, 0.3) is 11.1 Å². The number of rotatable bonds is 2. The molecule has 0 amide bonds. The number of oxazole rings is 1. The smallest absolute Gasteiger partial charge is 0.420 e. The van der Waals surface area contributed by atoms with Crippen molar-refractivity contribution in [2.45, 2.75) is 13.0 Å². The van der Waals surface area contributed by atoms with Crippen LogP contribution in [0.2, 0.25) is 5.02 Å².